The second kappa shape index (κ2) is 5.82. The van der Waals surface area contributed by atoms with E-state index >= 15 is 0 Å². The summed E-state index contributed by atoms with van der Waals surface area (Å²) in [7, 11) is 0. The number of carbonyl (C=O) groups excluding carboxylic acids is 1. The molecule has 0 atom stereocenters. The zero-order valence-electron chi connectivity index (χ0n) is 10.9. The minimum atomic E-state index is -0.0646. The number of aromatic nitrogens is 2. The zero-order chi connectivity index (χ0) is 12.9. The normalized spacial score (nSPS) is 11.5. The molecule has 1 aromatic heterocycles. The molecule has 0 aromatic carbocycles. The number of hydrogen-bond donors (Lipinski definition) is 2. The number of H-pyrrole nitrogens is 1. The van der Waals surface area contributed by atoms with Crippen molar-refractivity contribution in [3.05, 3.63) is 18.2 Å². The zero-order valence-corrected chi connectivity index (χ0v) is 10.9. The second-order valence-corrected chi connectivity index (χ2v) is 5.06. The topological polar surface area (TPSA) is 75.0 Å². The maximum atomic E-state index is 12.2. The van der Waals surface area contributed by atoms with Crippen LogP contribution >= 0.6 is 0 Å². The quantitative estimate of drug-likeness (QED) is 0.783. The van der Waals surface area contributed by atoms with Crippen LogP contribution in [0.15, 0.2) is 12.5 Å². The van der Waals surface area contributed by atoms with Crippen molar-refractivity contribution in [3.8, 4) is 0 Å². The minimum Gasteiger partial charge on any atom is -0.341 e. The van der Waals surface area contributed by atoms with Crippen LogP contribution in [-0.4, -0.2) is 40.4 Å². The van der Waals surface area contributed by atoms with E-state index in [2.05, 4.69) is 30.7 Å². The van der Waals surface area contributed by atoms with Gasteiger partial charge in [0.1, 0.15) is 5.69 Å². The largest absolute Gasteiger partial charge is 0.341 e. The van der Waals surface area contributed by atoms with Crippen molar-refractivity contribution < 1.29 is 4.79 Å². The Morgan fingerprint density at radius 2 is 2.29 bits per heavy atom. The third-order valence-electron chi connectivity index (χ3n) is 2.68. The van der Waals surface area contributed by atoms with Crippen LogP contribution in [0, 0.1) is 5.41 Å². The average Bonchev–Trinajstić information content (AvgIpc) is 2.81. The summed E-state index contributed by atoms with van der Waals surface area (Å²) < 4.78 is 0. The van der Waals surface area contributed by atoms with E-state index < -0.39 is 0 Å². The Hall–Kier alpha value is -1.36. The van der Waals surface area contributed by atoms with Crippen molar-refractivity contribution >= 4 is 5.91 Å². The summed E-state index contributed by atoms with van der Waals surface area (Å²) in [6.07, 6.45) is 4.01. The fourth-order valence-electron chi connectivity index (χ4n) is 1.65. The average molecular weight is 238 g/mol. The first-order chi connectivity index (χ1) is 8.00. The fraction of sp³-hybridized carbons (Fsp3) is 0.667. The van der Waals surface area contributed by atoms with Crippen molar-refractivity contribution in [1.29, 1.82) is 0 Å². The van der Waals surface area contributed by atoms with Crippen LogP contribution in [0.5, 0.6) is 0 Å². The molecule has 0 aliphatic heterocycles. The number of nitrogens with zero attached hydrogens (tertiary/aromatic N) is 2. The van der Waals surface area contributed by atoms with Crippen molar-refractivity contribution in [1.82, 2.24) is 14.9 Å². The first-order valence-corrected chi connectivity index (χ1v) is 5.98. The van der Waals surface area contributed by atoms with Gasteiger partial charge in [-0.3, -0.25) is 4.79 Å². The van der Waals surface area contributed by atoms with Crippen LogP contribution in [0.1, 0.15) is 37.7 Å². The van der Waals surface area contributed by atoms with Gasteiger partial charge in [0.15, 0.2) is 0 Å². The van der Waals surface area contributed by atoms with Crippen LogP contribution < -0.4 is 5.73 Å². The smallest absolute Gasteiger partial charge is 0.271 e. The molecular weight excluding hydrogens is 216 g/mol. The van der Waals surface area contributed by atoms with Gasteiger partial charge in [0, 0.05) is 13.1 Å². The first-order valence-electron chi connectivity index (χ1n) is 5.98. The number of amides is 1. The molecule has 1 amide bonds. The Morgan fingerprint density at radius 1 is 1.59 bits per heavy atom. The third-order valence-corrected chi connectivity index (χ3v) is 2.68. The molecule has 1 aromatic rings. The van der Waals surface area contributed by atoms with Gasteiger partial charge in [-0.15, -0.1) is 0 Å². The minimum absolute atomic E-state index is 0.00845. The highest BCUT2D eigenvalue weighted by molar-refractivity contribution is 5.92. The van der Waals surface area contributed by atoms with E-state index in [4.69, 9.17) is 5.73 Å². The molecule has 1 heterocycles. The summed E-state index contributed by atoms with van der Waals surface area (Å²) in [6.45, 7) is 8.15. The van der Waals surface area contributed by atoms with Gasteiger partial charge in [-0.2, -0.15) is 0 Å². The molecule has 5 heteroatoms. The number of hydrogen-bond acceptors (Lipinski definition) is 3. The second-order valence-electron chi connectivity index (χ2n) is 5.06. The standard InChI is InChI=1S/C12H22N4O/c1-4-5-16(8-12(2,3)7-13)11(17)10-6-14-9-15-10/h6,9H,4-5,7-8,13H2,1-3H3,(H,14,15). The maximum Gasteiger partial charge on any atom is 0.271 e. The summed E-state index contributed by atoms with van der Waals surface area (Å²) in [5.41, 5.74) is 6.18. The van der Waals surface area contributed by atoms with Crippen molar-refractivity contribution in [2.24, 2.45) is 11.1 Å². The van der Waals surface area contributed by atoms with Crippen LogP contribution in [0.4, 0.5) is 0 Å². The molecule has 0 unspecified atom stereocenters. The number of imidazole rings is 1. The monoisotopic (exact) mass is 238 g/mol. The molecule has 0 saturated heterocycles. The van der Waals surface area contributed by atoms with Gasteiger partial charge >= 0.3 is 0 Å². The van der Waals surface area contributed by atoms with E-state index in [9.17, 15) is 4.79 Å². The molecular formula is C12H22N4O. The van der Waals surface area contributed by atoms with E-state index in [1.165, 1.54) is 6.33 Å². The van der Waals surface area contributed by atoms with E-state index in [-0.39, 0.29) is 11.3 Å². The summed E-state index contributed by atoms with van der Waals surface area (Å²) in [4.78, 5) is 20.8. The number of carbonyl (C=O) groups is 1. The Bertz CT molecular complexity index is 345. The molecule has 17 heavy (non-hydrogen) atoms. The van der Waals surface area contributed by atoms with Crippen molar-refractivity contribution in [2.75, 3.05) is 19.6 Å². The van der Waals surface area contributed by atoms with E-state index in [1.54, 1.807) is 6.20 Å². The lowest BCUT2D eigenvalue weighted by Crippen LogP contribution is -2.42. The molecule has 0 aliphatic rings. The SMILES string of the molecule is CCCN(CC(C)(C)CN)C(=O)c1cnc[nH]1. The Kier molecular flexibility index (Phi) is 4.69. The fourth-order valence-corrected chi connectivity index (χ4v) is 1.65. The van der Waals surface area contributed by atoms with Gasteiger partial charge in [-0.1, -0.05) is 20.8 Å². The summed E-state index contributed by atoms with van der Waals surface area (Å²) >= 11 is 0. The summed E-state index contributed by atoms with van der Waals surface area (Å²) in [6, 6.07) is 0. The lowest BCUT2D eigenvalue weighted by atomic mass is 9.93. The lowest BCUT2D eigenvalue weighted by molar-refractivity contribution is 0.0684. The number of rotatable bonds is 6. The van der Waals surface area contributed by atoms with Gasteiger partial charge in [0.25, 0.3) is 5.91 Å². The Labute approximate surface area is 102 Å². The van der Waals surface area contributed by atoms with Gasteiger partial charge in [0.2, 0.25) is 0 Å². The van der Waals surface area contributed by atoms with Crippen LogP contribution in [0.2, 0.25) is 0 Å². The summed E-state index contributed by atoms with van der Waals surface area (Å²) in [5.74, 6) is -0.00845. The molecule has 0 bridgehead atoms. The molecule has 5 nitrogen and oxygen atoms in total. The highest BCUT2D eigenvalue weighted by Crippen LogP contribution is 2.16. The van der Waals surface area contributed by atoms with Gasteiger partial charge in [0.05, 0.1) is 12.5 Å². The molecule has 3 N–H and O–H groups in total. The predicted octanol–water partition coefficient (Wildman–Crippen LogP) is 1.25. The van der Waals surface area contributed by atoms with Gasteiger partial charge < -0.3 is 15.6 Å². The lowest BCUT2D eigenvalue weighted by Gasteiger charge is -2.31. The van der Waals surface area contributed by atoms with Gasteiger partial charge in [-0.05, 0) is 18.4 Å². The van der Waals surface area contributed by atoms with Crippen LogP contribution in [-0.2, 0) is 0 Å². The van der Waals surface area contributed by atoms with Crippen molar-refractivity contribution in [3.63, 3.8) is 0 Å². The van der Waals surface area contributed by atoms with Crippen molar-refractivity contribution in [2.45, 2.75) is 27.2 Å². The molecule has 0 spiro atoms. The van der Waals surface area contributed by atoms with E-state index in [0.29, 0.717) is 18.8 Å². The molecule has 0 radical (unpaired) electrons. The van der Waals surface area contributed by atoms with Crippen LogP contribution in [0.25, 0.3) is 0 Å². The predicted molar refractivity (Wildman–Crippen MR) is 67.6 cm³/mol. The van der Waals surface area contributed by atoms with E-state index in [1.807, 2.05) is 4.90 Å². The first kappa shape index (κ1) is 13.7. The molecule has 0 fully saturated rings. The van der Waals surface area contributed by atoms with E-state index in [0.717, 1.165) is 13.0 Å². The number of aromatic amines is 1. The molecule has 0 saturated carbocycles. The third kappa shape index (κ3) is 3.85. The van der Waals surface area contributed by atoms with Gasteiger partial charge in [-0.25, -0.2) is 4.98 Å². The number of nitrogens with one attached hydrogen (secondary N) is 1. The van der Waals surface area contributed by atoms with Crippen LogP contribution in [0.3, 0.4) is 0 Å². The summed E-state index contributed by atoms with van der Waals surface area (Å²) in [5, 5.41) is 0. The molecule has 96 valence electrons. The number of nitrogens with two attached hydrogens (primary N) is 1. The Morgan fingerprint density at radius 3 is 2.76 bits per heavy atom. The highest BCUT2D eigenvalue weighted by atomic mass is 16.2. The molecule has 1 rings (SSSR count). The molecule has 0 aliphatic carbocycles. The highest BCUT2D eigenvalue weighted by Gasteiger charge is 2.24. The maximum absolute atomic E-state index is 12.2. The Balaban J connectivity index is 2.75.